The van der Waals surface area contributed by atoms with Crippen molar-refractivity contribution in [1.29, 1.82) is 0 Å². The highest BCUT2D eigenvalue weighted by atomic mass is 16.1. The van der Waals surface area contributed by atoms with Gasteiger partial charge in [0.2, 0.25) is 5.78 Å². The Morgan fingerprint density at radius 2 is 2.45 bits per heavy atom. The van der Waals surface area contributed by atoms with Crippen molar-refractivity contribution in [3.63, 3.8) is 0 Å². The fourth-order valence-corrected chi connectivity index (χ4v) is 0.692. The quantitative estimate of drug-likeness (QED) is 0.574. The number of ketones is 1. The molecule has 0 fully saturated rings. The van der Waals surface area contributed by atoms with Crippen LogP contribution in [0.3, 0.4) is 0 Å². The van der Waals surface area contributed by atoms with Crippen LogP contribution in [-0.2, 0) is 7.05 Å². The van der Waals surface area contributed by atoms with Crippen LogP contribution < -0.4 is 5.73 Å². The maximum Gasteiger partial charge on any atom is 0.201 e. The topological polar surface area (TPSA) is 73.8 Å². The van der Waals surface area contributed by atoms with Crippen LogP contribution in [0, 0.1) is 0 Å². The van der Waals surface area contributed by atoms with Gasteiger partial charge < -0.3 is 5.73 Å². The van der Waals surface area contributed by atoms with Gasteiger partial charge in [-0.25, -0.2) is 0 Å². The predicted molar refractivity (Wildman–Crippen MR) is 39.0 cm³/mol. The van der Waals surface area contributed by atoms with Crippen LogP contribution in [0.1, 0.15) is 17.4 Å². The maximum absolute atomic E-state index is 11.1. The van der Waals surface area contributed by atoms with E-state index in [-0.39, 0.29) is 5.78 Å². The van der Waals surface area contributed by atoms with E-state index in [2.05, 4.69) is 10.2 Å². The van der Waals surface area contributed by atoms with Crippen molar-refractivity contribution in [3.8, 4) is 0 Å². The minimum Gasteiger partial charge on any atom is -0.321 e. The van der Waals surface area contributed by atoms with Crippen LogP contribution in [-0.4, -0.2) is 26.8 Å². The number of carbonyl (C=O) groups excluding carboxylic acids is 1. The van der Waals surface area contributed by atoms with Crippen molar-refractivity contribution < 1.29 is 4.79 Å². The van der Waals surface area contributed by atoms with Crippen LogP contribution in [0.25, 0.3) is 0 Å². The number of carbonyl (C=O) groups is 1. The highest BCUT2D eigenvalue weighted by Crippen LogP contribution is 1.94. The van der Waals surface area contributed by atoms with Gasteiger partial charge in [-0.1, -0.05) is 0 Å². The standard InChI is InChI=1S/C6H10N4O/c1-4(7)6(11)5-3-8-10(2)9-5/h3-4H,7H2,1-2H3. The highest BCUT2D eigenvalue weighted by molar-refractivity contribution is 5.97. The van der Waals surface area contributed by atoms with Gasteiger partial charge in [0.1, 0.15) is 5.69 Å². The molecule has 0 aliphatic heterocycles. The smallest absolute Gasteiger partial charge is 0.201 e. The van der Waals surface area contributed by atoms with Crippen LogP contribution in [0.4, 0.5) is 0 Å². The lowest BCUT2D eigenvalue weighted by Gasteiger charge is -1.97. The SMILES string of the molecule is CC(N)C(=O)c1cnn(C)n1. The first-order valence-corrected chi connectivity index (χ1v) is 3.27. The van der Waals surface area contributed by atoms with Gasteiger partial charge in [-0.3, -0.25) is 4.79 Å². The predicted octanol–water partition coefficient (Wildman–Crippen LogP) is -0.655. The zero-order valence-corrected chi connectivity index (χ0v) is 6.48. The summed E-state index contributed by atoms with van der Waals surface area (Å²) >= 11 is 0. The number of Topliss-reactive ketones (excluding diaryl/α,β-unsaturated/α-hetero) is 1. The van der Waals surface area contributed by atoms with E-state index in [1.165, 1.54) is 11.0 Å². The normalized spacial score (nSPS) is 13.0. The van der Waals surface area contributed by atoms with E-state index in [9.17, 15) is 4.79 Å². The molecule has 0 aromatic carbocycles. The minimum absolute atomic E-state index is 0.182. The molecule has 0 saturated heterocycles. The second-order valence-corrected chi connectivity index (χ2v) is 2.37. The molecule has 5 heteroatoms. The van der Waals surface area contributed by atoms with Crippen LogP contribution >= 0.6 is 0 Å². The molecule has 0 aliphatic carbocycles. The summed E-state index contributed by atoms with van der Waals surface area (Å²) in [6.07, 6.45) is 1.41. The molecule has 1 aromatic heterocycles. The summed E-state index contributed by atoms with van der Waals surface area (Å²) in [5, 5.41) is 7.56. The fraction of sp³-hybridized carbons (Fsp3) is 0.500. The zero-order chi connectivity index (χ0) is 8.43. The Balaban J connectivity index is 2.85. The molecule has 1 rings (SSSR count). The first-order valence-electron chi connectivity index (χ1n) is 3.27. The summed E-state index contributed by atoms with van der Waals surface area (Å²) in [4.78, 5) is 12.4. The summed E-state index contributed by atoms with van der Waals surface area (Å²) in [5.41, 5.74) is 5.67. The van der Waals surface area contributed by atoms with Crippen LogP contribution in [0.15, 0.2) is 6.20 Å². The average molecular weight is 154 g/mol. The van der Waals surface area contributed by atoms with Gasteiger partial charge in [-0.2, -0.15) is 15.0 Å². The second kappa shape index (κ2) is 2.79. The zero-order valence-electron chi connectivity index (χ0n) is 6.48. The van der Waals surface area contributed by atoms with E-state index in [4.69, 9.17) is 5.73 Å². The number of aromatic nitrogens is 3. The van der Waals surface area contributed by atoms with Crippen LogP contribution in [0.5, 0.6) is 0 Å². The van der Waals surface area contributed by atoms with E-state index in [0.717, 1.165) is 0 Å². The lowest BCUT2D eigenvalue weighted by molar-refractivity contribution is 0.0962. The summed E-state index contributed by atoms with van der Waals surface area (Å²) in [6, 6.07) is -0.508. The van der Waals surface area contributed by atoms with E-state index < -0.39 is 6.04 Å². The maximum atomic E-state index is 11.1. The first-order chi connectivity index (χ1) is 5.11. The summed E-state index contributed by atoms with van der Waals surface area (Å²) < 4.78 is 0. The molecule has 11 heavy (non-hydrogen) atoms. The molecular formula is C6H10N4O. The lowest BCUT2D eigenvalue weighted by Crippen LogP contribution is -2.27. The Bertz CT molecular complexity index is 265. The first kappa shape index (κ1) is 7.87. The molecule has 1 aromatic rings. The molecule has 60 valence electrons. The number of rotatable bonds is 2. The van der Waals surface area contributed by atoms with E-state index in [1.807, 2.05) is 0 Å². The summed E-state index contributed by atoms with van der Waals surface area (Å²) in [6.45, 7) is 1.62. The van der Waals surface area contributed by atoms with Gasteiger partial charge in [0.05, 0.1) is 12.2 Å². The van der Waals surface area contributed by atoms with Gasteiger partial charge in [-0.05, 0) is 6.92 Å². The molecule has 0 bridgehead atoms. The van der Waals surface area contributed by atoms with E-state index >= 15 is 0 Å². The van der Waals surface area contributed by atoms with Crippen molar-refractivity contribution in [3.05, 3.63) is 11.9 Å². The monoisotopic (exact) mass is 154 g/mol. The van der Waals surface area contributed by atoms with Crippen molar-refractivity contribution in [1.82, 2.24) is 15.0 Å². The number of nitrogens with zero attached hydrogens (tertiary/aromatic N) is 3. The highest BCUT2D eigenvalue weighted by Gasteiger charge is 2.13. The number of hydrogen-bond acceptors (Lipinski definition) is 4. The molecule has 1 unspecified atom stereocenters. The molecule has 0 amide bonds. The third kappa shape index (κ3) is 1.62. The summed E-state index contributed by atoms with van der Waals surface area (Å²) in [5.74, 6) is -0.182. The van der Waals surface area contributed by atoms with Gasteiger partial charge in [0, 0.05) is 7.05 Å². The molecule has 0 radical (unpaired) electrons. The molecule has 0 saturated carbocycles. The Kier molecular flexibility index (Phi) is 2.00. The largest absolute Gasteiger partial charge is 0.321 e. The minimum atomic E-state index is -0.508. The van der Waals surface area contributed by atoms with Gasteiger partial charge >= 0.3 is 0 Å². The Hall–Kier alpha value is -1.23. The molecule has 1 heterocycles. The summed E-state index contributed by atoms with van der Waals surface area (Å²) in [7, 11) is 1.65. The van der Waals surface area contributed by atoms with Gasteiger partial charge in [-0.15, -0.1) is 0 Å². The number of aryl methyl sites for hydroxylation is 1. The van der Waals surface area contributed by atoms with Crippen molar-refractivity contribution in [2.24, 2.45) is 12.8 Å². The molecule has 2 N–H and O–H groups in total. The third-order valence-electron chi connectivity index (χ3n) is 1.27. The fourth-order valence-electron chi connectivity index (χ4n) is 0.692. The molecule has 0 spiro atoms. The second-order valence-electron chi connectivity index (χ2n) is 2.37. The van der Waals surface area contributed by atoms with E-state index in [1.54, 1.807) is 14.0 Å². The molecule has 0 aliphatic rings. The Morgan fingerprint density at radius 1 is 1.82 bits per heavy atom. The molecule has 5 nitrogen and oxygen atoms in total. The van der Waals surface area contributed by atoms with Crippen molar-refractivity contribution in [2.75, 3.05) is 0 Å². The van der Waals surface area contributed by atoms with Gasteiger partial charge in [0.25, 0.3) is 0 Å². The van der Waals surface area contributed by atoms with Gasteiger partial charge in [0.15, 0.2) is 0 Å². The Labute approximate surface area is 64.2 Å². The van der Waals surface area contributed by atoms with Crippen molar-refractivity contribution in [2.45, 2.75) is 13.0 Å². The lowest BCUT2D eigenvalue weighted by atomic mass is 10.2. The third-order valence-corrected chi connectivity index (χ3v) is 1.27. The molecule has 1 atom stereocenters. The Morgan fingerprint density at radius 3 is 2.82 bits per heavy atom. The molecular weight excluding hydrogens is 144 g/mol. The number of nitrogens with two attached hydrogens (primary N) is 1. The van der Waals surface area contributed by atoms with Crippen molar-refractivity contribution >= 4 is 5.78 Å². The van der Waals surface area contributed by atoms with Crippen LogP contribution in [0.2, 0.25) is 0 Å². The van der Waals surface area contributed by atoms with E-state index in [0.29, 0.717) is 5.69 Å². The average Bonchev–Trinajstić information content (AvgIpc) is 2.34. The number of hydrogen-bond donors (Lipinski definition) is 1.